The van der Waals surface area contributed by atoms with E-state index in [1.54, 1.807) is 0 Å². The smallest absolute Gasteiger partial charge is 0.310 e. The minimum Gasteiger partial charge on any atom is -0.481 e. The Labute approximate surface area is 110 Å². The van der Waals surface area contributed by atoms with Crippen molar-refractivity contribution in [3.05, 3.63) is 53.2 Å². The molecule has 4 rings (SSSR count). The first kappa shape index (κ1) is 10.6. The summed E-state index contributed by atoms with van der Waals surface area (Å²) < 4.78 is 0. The van der Waals surface area contributed by atoms with Crippen molar-refractivity contribution in [2.24, 2.45) is 5.92 Å². The predicted octanol–water partition coefficient (Wildman–Crippen LogP) is 2.75. The molecule has 1 aliphatic carbocycles. The zero-order chi connectivity index (χ0) is 13.0. The normalized spacial score (nSPS) is 17.6. The molecule has 0 spiro atoms. The van der Waals surface area contributed by atoms with E-state index in [0.29, 0.717) is 6.42 Å². The van der Waals surface area contributed by atoms with Crippen molar-refractivity contribution in [2.45, 2.75) is 6.42 Å². The highest BCUT2D eigenvalue weighted by atomic mass is 16.4. The summed E-state index contributed by atoms with van der Waals surface area (Å²) in [5.74, 6) is -1.15. The third-order valence-electron chi connectivity index (χ3n) is 4.03. The summed E-state index contributed by atoms with van der Waals surface area (Å²) >= 11 is 0. The van der Waals surface area contributed by atoms with E-state index in [1.807, 2.05) is 12.1 Å². The third-order valence-corrected chi connectivity index (χ3v) is 4.03. The van der Waals surface area contributed by atoms with Crippen LogP contribution in [0.1, 0.15) is 5.56 Å². The van der Waals surface area contributed by atoms with Crippen LogP contribution in [-0.4, -0.2) is 11.1 Å². The Hall–Kier alpha value is -2.35. The van der Waals surface area contributed by atoms with Gasteiger partial charge < -0.3 is 5.11 Å². The quantitative estimate of drug-likeness (QED) is 0.719. The lowest BCUT2D eigenvalue weighted by Crippen LogP contribution is -2.22. The van der Waals surface area contributed by atoms with Crippen molar-refractivity contribution in [1.29, 1.82) is 0 Å². The minimum absolute atomic E-state index is 0.408. The van der Waals surface area contributed by atoms with Gasteiger partial charge in [-0.1, -0.05) is 48.5 Å². The predicted molar refractivity (Wildman–Crippen MR) is 76.0 cm³/mol. The highest BCUT2D eigenvalue weighted by Gasteiger charge is 2.21. The number of hydrogen-bond donors (Lipinski definition) is 1. The second-order valence-corrected chi connectivity index (χ2v) is 5.15. The van der Waals surface area contributed by atoms with Crippen LogP contribution in [0.2, 0.25) is 0 Å². The van der Waals surface area contributed by atoms with Crippen LogP contribution in [0, 0.1) is 5.92 Å². The largest absolute Gasteiger partial charge is 0.481 e. The lowest BCUT2D eigenvalue weighted by Gasteiger charge is -2.18. The lowest BCUT2D eigenvalue weighted by molar-refractivity contribution is -0.139. The van der Waals surface area contributed by atoms with Crippen LogP contribution in [0.25, 0.3) is 27.6 Å². The molecule has 3 aromatic rings. The second-order valence-electron chi connectivity index (χ2n) is 5.15. The molecule has 2 nitrogen and oxygen atoms in total. The molecule has 1 unspecified atom stereocenters. The molecule has 3 aromatic carbocycles. The molecule has 1 N–H and O–H groups in total. The number of carboxylic acids is 1. The number of benzene rings is 3. The lowest BCUT2D eigenvalue weighted by atomic mass is 9.85. The Morgan fingerprint density at radius 2 is 1.74 bits per heavy atom. The standard InChI is InChI=1S/C17H12O2/c18-17(19)14-8-12-6-4-10-2-1-3-11-5-7-13(9-14)16(12)15(10)11/h1-8,14H,9H2,(H,18,19). The van der Waals surface area contributed by atoms with Crippen molar-refractivity contribution in [3.63, 3.8) is 0 Å². The van der Waals surface area contributed by atoms with Gasteiger partial charge in [0.15, 0.2) is 0 Å². The molecule has 0 heterocycles. The average Bonchev–Trinajstić information content (AvgIpc) is 2.44. The van der Waals surface area contributed by atoms with E-state index in [0.717, 1.165) is 10.8 Å². The maximum Gasteiger partial charge on any atom is 0.310 e. The molecular weight excluding hydrogens is 236 g/mol. The highest BCUT2D eigenvalue weighted by Crippen LogP contribution is 2.30. The molecule has 0 aliphatic heterocycles. The van der Waals surface area contributed by atoms with E-state index in [2.05, 4.69) is 36.4 Å². The van der Waals surface area contributed by atoms with Crippen molar-refractivity contribution in [3.8, 4) is 0 Å². The number of aliphatic carboxylic acids is 1. The van der Waals surface area contributed by atoms with Crippen LogP contribution in [0.15, 0.2) is 42.5 Å². The highest BCUT2D eigenvalue weighted by molar-refractivity contribution is 6.12. The molecule has 1 atom stereocenters. The molecule has 0 aromatic heterocycles. The fourth-order valence-electron chi connectivity index (χ4n) is 3.16. The molecule has 19 heavy (non-hydrogen) atoms. The molecule has 0 fully saturated rings. The van der Waals surface area contributed by atoms with Gasteiger partial charge in [-0.05, 0) is 38.7 Å². The van der Waals surface area contributed by atoms with Gasteiger partial charge in [-0.2, -0.15) is 0 Å². The SMILES string of the molecule is O=C(O)C1C=c2ccc3cccc4ccc(c2c43)C1. The summed E-state index contributed by atoms with van der Waals surface area (Å²) in [6, 6.07) is 14.6. The van der Waals surface area contributed by atoms with Gasteiger partial charge in [-0.15, -0.1) is 0 Å². The Balaban J connectivity index is 2.22. The van der Waals surface area contributed by atoms with Gasteiger partial charge in [0.1, 0.15) is 0 Å². The zero-order valence-corrected chi connectivity index (χ0v) is 10.3. The molecule has 1 aliphatic rings. The van der Waals surface area contributed by atoms with E-state index in [-0.39, 0.29) is 0 Å². The van der Waals surface area contributed by atoms with Crippen LogP contribution in [0.4, 0.5) is 0 Å². The van der Waals surface area contributed by atoms with Gasteiger partial charge in [0.05, 0.1) is 5.92 Å². The summed E-state index contributed by atoms with van der Waals surface area (Å²) in [6.45, 7) is 0. The Morgan fingerprint density at radius 1 is 1.00 bits per heavy atom. The maximum atomic E-state index is 11.2. The van der Waals surface area contributed by atoms with Crippen molar-refractivity contribution < 1.29 is 9.90 Å². The summed E-state index contributed by atoms with van der Waals surface area (Å²) in [5, 5.41) is 15.2. The topological polar surface area (TPSA) is 37.3 Å². The molecule has 2 heteroatoms. The van der Waals surface area contributed by atoms with Gasteiger partial charge in [-0.3, -0.25) is 4.79 Å². The van der Waals surface area contributed by atoms with Crippen LogP contribution < -0.4 is 5.22 Å². The van der Waals surface area contributed by atoms with Gasteiger partial charge in [0, 0.05) is 0 Å². The molecule has 92 valence electrons. The molecule has 0 bridgehead atoms. The minimum atomic E-state index is -0.745. The summed E-state index contributed by atoms with van der Waals surface area (Å²) in [4.78, 5) is 11.2. The average molecular weight is 248 g/mol. The Bertz CT molecular complexity index is 861. The number of carboxylic acid groups (broad SMARTS) is 1. The number of hydrogen-bond acceptors (Lipinski definition) is 1. The van der Waals surface area contributed by atoms with Crippen molar-refractivity contribution >= 4 is 33.6 Å². The Kier molecular flexibility index (Phi) is 1.99. The first-order valence-corrected chi connectivity index (χ1v) is 6.42. The van der Waals surface area contributed by atoms with Gasteiger partial charge in [-0.25, -0.2) is 0 Å². The zero-order valence-electron chi connectivity index (χ0n) is 10.3. The Morgan fingerprint density at radius 3 is 2.47 bits per heavy atom. The maximum absolute atomic E-state index is 11.2. The van der Waals surface area contributed by atoms with E-state index in [4.69, 9.17) is 0 Å². The van der Waals surface area contributed by atoms with Crippen LogP contribution in [-0.2, 0) is 11.2 Å². The third kappa shape index (κ3) is 1.40. The van der Waals surface area contributed by atoms with Gasteiger partial charge >= 0.3 is 5.97 Å². The summed E-state index contributed by atoms with van der Waals surface area (Å²) in [5.41, 5.74) is 1.15. The first-order valence-electron chi connectivity index (χ1n) is 6.42. The number of rotatable bonds is 1. The molecule has 0 saturated heterocycles. The monoisotopic (exact) mass is 248 g/mol. The van der Waals surface area contributed by atoms with Crippen LogP contribution in [0.3, 0.4) is 0 Å². The van der Waals surface area contributed by atoms with Crippen molar-refractivity contribution in [2.75, 3.05) is 0 Å². The molecule has 0 radical (unpaired) electrons. The molecule has 0 saturated carbocycles. The van der Waals surface area contributed by atoms with E-state index < -0.39 is 11.9 Å². The fraction of sp³-hybridized carbons (Fsp3) is 0.118. The number of carbonyl (C=O) groups is 1. The molecular formula is C17H12O2. The van der Waals surface area contributed by atoms with Gasteiger partial charge in [0.2, 0.25) is 0 Å². The van der Waals surface area contributed by atoms with Crippen molar-refractivity contribution in [1.82, 2.24) is 0 Å². The van der Waals surface area contributed by atoms with Crippen LogP contribution >= 0.6 is 0 Å². The summed E-state index contributed by atoms with van der Waals surface area (Å²) in [7, 11) is 0. The molecule has 0 amide bonds. The fourth-order valence-corrected chi connectivity index (χ4v) is 3.16. The first-order chi connectivity index (χ1) is 9.24. The van der Waals surface area contributed by atoms with Gasteiger partial charge in [0.25, 0.3) is 0 Å². The van der Waals surface area contributed by atoms with E-state index >= 15 is 0 Å². The summed E-state index contributed by atoms with van der Waals surface area (Å²) in [6.07, 6.45) is 2.48. The van der Waals surface area contributed by atoms with E-state index in [9.17, 15) is 9.90 Å². The van der Waals surface area contributed by atoms with Crippen LogP contribution in [0.5, 0.6) is 0 Å². The van der Waals surface area contributed by atoms with E-state index in [1.165, 1.54) is 21.5 Å². The second kappa shape index (κ2) is 3.58.